The molecule has 1 aromatic heterocycles. The highest BCUT2D eigenvalue weighted by Crippen LogP contribution is 2.35. The van der Waals surface area contributed by atoms with E-state index in [0.717, 1.165) is 66.3 Å². The third kappa shape index (κ3) is 5.81. The maximum atomic E-state index is 11.9. The highest BCUT2D eigenvalue weighted by molar-refractivity contribution is 5.98. The number of Topliss-reactive ketones (excluding diaryl/α,β-unsaturated/α-hetero) is 1. The van der Waals surface area contributed by atoms with Crippen LogP contribution in [-0.4, -0.2) is 45.2 Å². The second-order valence-corrected chi connectivity index (χ2v) is 10.7. The van der Waals surface area contributed by atoms with Crippen LogP contribution in [0.25, 0.3) is 22.5 Å². The summed E-state index contributed by atoms with van der Waals surface area (Å²) in [6.07, 6.45) is 5.53. The molecule has 1 atom stereocenters. The summed E-state index contributed by atoms with van der Waals surface area (Å²) in [5.41, 5.74) is 7.65. The molecule has 38 heavy (non-hydrogen) atoms. The van der Waals surface area contributed by atoms with Gasteiger partial charge < -0.3 is 15.1 Å². The number of aryl methyl sites for hydroxylation is 2. The van der Waals surface area contributed by atoms with Gasteiger partial charge >= 0.3 is 0 Å². The first-order valence-electron chi connectivity index (χ1n) is 13.8. The lowest BCUT2D eigenvalue weighted by molar-refractivity contribution is -0.115. The number of hydrogen-bond donors (Lipinski definition) is 2. The number of aliphatic hydroxyl groups excluding tert-OH is 2. The van der Waals surface area contributed by atoms with E-state index in [0.29, 0.717) is 43.6 Å². The maximum absolute atomic E-state index is 11.9. The van der Waals surface area contributed by atoms with Crippen molar-refractivity contribution >= 4 is 11.6 Å². The number of carbonyl (C=O) groups excluding carboxylic acids is 1. The number of fused-ring (bicyclic) bond motifs is 1. The third-order valence-corrected chi connectivity index (χ3v) is 7.64. The Morgan fingerprint density at radius 2 is 1.45 bits per heavy atom. The third-order valence-electron chi connectivity index (χ3n) is 7.64. The molecule has 0 spiro atoms. The highest BCUT2D eigenvalue weighted by atomic mass is 16.3. The predicted octanol–water partition coefficient (Wildman–Crippen LogP) is 6.28. The fourth-order valence-corrected chi connectivity index (χ4v) is 5.44. The molecule has 0 saturated carbocycles. The van der Waals surface area contributed by atoms with Crippen molar-refractivity contribution in [1.82, 2.24) is 9.97 Å². The van der Waals surface area contributed by atoms with Gasteiger partial charge in [-0.15, -0.1) is 0 Å². The normalized spacial score (nSPS) is 17.3. The monoisotopic (exact) mass is 511 g/mol. The van der Waals surface area contributed by atoms with E-state index in [1.54, 1.807) is 0 Å². The van der Waals surface area contributed by atoms with Crippen molar-refractivity contribution in [3.63, 3.8) is 0 Å². The summed E-state index contributed by atoms with van der Waals surface area (Å²) < 4.78 is 0. The van der Waals surface area contributed by atoms with E-state index in [-0.39, 0.29) is 5.78 Å². The van der Waals surface area contributed by atoms with Crippen LogP contribution < -0.4 is 4.90 Å². The molecule has 3 aromatic rings. The zero-order valence-corrected chi connectivity index (χ0v) is 22.4. The molecule has 2 N–H and O–H groups in total. The van der Waals surface area contributed by atoms with Gasteiger partial charge in [0.1, 0.15) is 0 Å². The van der Waals surface area contributed by atoms with E-state index in [4.69, 9.17) is 9.97 Å². The van der Waals surface area contributed by atoms with Crippen LogP contribution >= 0.6 is 0 Å². The van der Waals surface area contributed by atoms with Crippen molar-refractivity contribution in [2.75, 3.05) is 18.0 Å². The molecule has 0 bridgehead atoms. The second kappa shape index (κ2) is 11.5. The summed E-state index contributed by atoms with van der Waals surface area (Å²) in [7, 11) is 0. The minimum absolute atomic E-state index is 0.106. The standard InChI is InChI=1S/C32H37N3O3/c1-21-8-12-23(13-9-21)30-31(24-14-10-22(2)11-15-24)34-32-27(33-30)19-25(36)20-35(32)18-6-4-3-5-7-26-28(37)16-17-29(26)38/h8-15,25,36-37H,3-7,16-20H2,1-2H3. The first-order chi connectivity index (χ1) is 18.4. The van der Waals surface area contributed by atoms with Gasteiger partial charge in [-0.05, 0) is 33.1 Å². The van der Waals surface area contributed by atoms with Crippen molar-refractivity contribution in [1.29, 1.82) is 0 Å². The molecule has 0 amide bonds. The molecule has 6 nitrogen and oxygen atoms in total. The lowest BCUT2D eigenvalue weighted by Crippen LogP contribution is -2.40. The summed E-state index contributed by atoms with van der Waals surface area (Å²) in [5, 5.41) is 20.6. The van der Waals surface area contributed by atoms with Crippen molar-refractivity contribution < 1.29 is 15.0 Å². The summed E-state index contributed by atoms with van der Waals surface area (Å²) in [6, 6.07) is 16.8. The molecule has 6 heteroatoms. The number of aromatic nitrogens is 2. The zero-order valence-electron chi connectivity index (χ0n) is 22.4. The second-order valence-electron chi connectivity index (χ2n) is 10.7. The Labute approximate surface area is 225 Å². The Kier molecular flexibility index (Phi) is 7.89. The average Bonchev–Trinajstić information content (AvgIpc) is 3.23. The molecule has 198 valence electrons. The van der Waals surface area contributed by atoms with Crippen molar-refractivity contribution in [3.05, 3.63) is 76.7 Å². The summed E-state index contributed by atoms with van der Waals surface area (Å²) in [6.45, 7) is 5.50. The molecular weight excluding hydrogens is 474 g/mol. The largest absolute Gasteiger partial charge is 0.512 e. The van der Waals surface area contributed by atoms with E-state index in [9.17, 15) is 15.0 Å². The van der Waals surface area contributed by atoms with Gasteiger partial charge in [-0.25, -0.2) is 9.97 Å². The van der Waals surface area contributed by atoms with Crippen LogP contribution in [0.15, 0.2) is 59.9 Å². The number of rotatable bonds is 9. The Bertz CT molecular complexity index is 1330. The molecule has 2 heterocycles. The average molecular weight is 512 g/mol. The SMILES string of the molecule is Cc1ccc(-c2nc3c(nc2-c2ccc(C)cc2)N(CCCCCCC2=C(O)CCC2=O)CC(O)C3)cc1. The fraction of sp³-hybridized carbons (Fsp3) is 0.406. The number of allylic oxidation sites excluding steroid dienone is 2. The van der Waals surface area contributed by atoms with E-state index in [2.05, 4.69) is 67.3 Å². The number of nitrogens with zero attached hydrogens (tertiary/aromatic N) is 3. The maximum Gasteiger partial charge on any atom is 0.162 e. The van der Waals surface area contributed by atoms with Gasteiger partial charge in [-0.2, -0.15) is 0 Å². The highest BCUT2D eigenvalue weighted by Gasteiger charge is 2.28. The van der Waals surface area contributed by atoms with Crippen molar-refractivity contribution in [3.8, 4) is 22.5 Å². The number of unbranched alkanes of at least 4 members (excludes halogenated alkanes) is 3. The van der Waals surface area contributed by atoms with Crippen LogP contribution in [0.2, 0.25) is 0 Å². The van der Waals surface area contributed by atoms with Gasteiger partial charge in [0.15, 0.2) is 11.6 Å². The Morgan fingerprint density at radius 1 is 0.842 bits per heavy atom. The summed E-state index contributed by atoms with van der Waals surface area (Å²) in [5.74, 6) is 1.27. The molecule has 0 radical (unpaired) electrons. The number of ketones is 1. The molecular formula is C32H37N3O3. The molecule has 0 saturated heterocycles. The van der Waals surface area contributed by atoms with Gasteiger partial charge in [0.05, 0.1) is 28.9 Å². The first-order valence-corrected chi connectivity index (χ1v) is 13.8. The number of benzene rings is 2. The lowest BCUT2D eigenvalue weighted by atomic mass is 10.00. The van der Waals surface area contributed by atoms with Crippen molar-refractivity contribution in [2.24, 2.45) is 0 Å². The minimum atomic E-state index is -0.476. The smallest absolute Gasteiger partial charge is 0.162 e. The van der Waals surface area contributed by atoms with Gasteiger partial charge in [0.25, 0.3) is 0 Å². The van der Waals surface area contributed by atoms with Gasteiger partial charge in [0, 0.05) is 49.1 Å². The van der Waals surface area contributed by atoms with E-state index in [1.165, 1.54) is 11.1 Å². The van der Waals surface area contributed by atoms with Gasteiger partial charge in [-0.1, -0.05) is 72.5 Å². The van der Waals surface area contributed by atoms with Crippen LogP contribution in [0.1, 0.15) is 61.8 Å². The number of aliphatic hydroxyl groups is 2. The predicted molar refractivity (Wildman–Crippen MR) is 151 cm³/mol. The topological polar surface area (TPSA) is 86.5 Å². The van der Waals surface area contributed by atoms with E-state index in [1.807, 2.05) is 0 Å². The van der Waals surface area contributed by atoms with Gasteiger partial charge in [0.2, 0.25) is 0 Å². The fourth-order valence-electron chi connectivity index (χ4n) is 5.44. The number of carbonyl (C=O) groups is 1. The van der Waals surface area contributed by atoms with E-state index >= 15 is 0 Å². The van der Waals surface area contributed by atoms with Crippen LogP contribution in [0, 0.1) is 13.8 Å². The number of anilines is 1. The molecule has 1 aliphatic heterocycles. The number of hydrogen-bond acceptors (Lipinski definition) is 6. The Hall–Kier alpha value is -3.51. The summed E-state index contributed by atoms with van der Waals surface area (Å²) in [4.78, 5) is 24.4. The van der Waals surface area contributed by atoms with Crippen LogP contribution in [0.3, 0.4) is 0 Å². The molecule has 1 unspecified atom stereocenters. The first kappa shape index (κ1) is 26.1. The van der Waals surface area contributed by atoms with Crippen molar-refractivity contribution in [2.45, 2.75) is 71.3 Å². The molecule has 0 fully saturated rings. The quantitative estimate of drug-likeness (QED) is 0.329. The molecule has 5 rings (SSSR count). The van der Waals surface area contributed by atoms with Crippen LogP contribution in [0.5, 0.6) is 0 Å². The zero-order chi connectivity index (χ0) is 26.6. The lowest BCUT2D eigenvalue weighted by Gasteiger charge is -2.33. The molecule has 1 aliphatic carbocycles. The Balaban J connectivity index is 1.34. The minimum Gasteiger partial charge on any atom is -0.512 e. The molecule has 2 aliphatic rings. The van der Waals surface area contributed by atoms with E-state index < -0.39 is 6.10 Å². The van der Waals surface area contributed by atoms with Crippen LogP contribution in [-0.2, 0) is 11.2 Å². The summed E-state index contributed by atoms with van der Waals surface area (Å²) >= 11 is 0. The number of β-amino-alcohol motifs (C(OH)–C–C–N with tert-alkyl or cyclic N) is 1. The molecule has 2 aromatic carbocycles. The Morgan fingerprint density at radius 3 is 2.05 bits per heavy atom. The van der Waals surface area contributed by atoms with Gasteiger partial charge in [-0.3, -0.25) is 4.79 Å². The van der Waals surface area contributed by atoms with Crippen LogP contribution in [0.4, 0.5) is 5.82 Å².